The van der Waals surface area contributed by atoms with Crippen molar-refractivity contribution in [1.82, 2.24) is 0 Å². The van der Waals surface area contributed by atoms with Gasteiger partial charge >= 0.3 is 0 Å². The summed E-state index contributed by atoms with van der Waals surface area (Å²) in [5, 5.41) is 33.2. The van der Waals surface area contributed by atoms with Crippen LogP contribution < -0.4 is 0 Å². The zero-order valence-electron chi connectivity index (χ0n) is 9.02. The summed E-state index contributed by atoms with van der Waals surface area (Å²) in [6, 6.07) is 0. The van der Waals surface area contributed by atoms with Gasteiger partial charge in [-0.15, -0.1) is 0 Å². The average molecular weight is 208 g/mol. The molecule has 0 aliphatic rings. The first-order valence-electron chi connectivity index (χ1n) is 5.23. The van der Waals surface area contributed by atoms with E-state index in [-0.39, 0.29) is 19.8 Å². The summed E-state index contributed by atoms with van der Waals surface area (Å²) < 4.78 is 0. The first-order valence-corrected chi connectivity index (χ1v) is 5.23. The van der Waals surface area contributed by atoms with E-state index >= 15 is 0 Å². The van der Waals surface area contributed by atoms with Gasteiger partial charge in [-0.05, 0) is 19.3 Å². The molecule has 0 spiro atoms. The highest BCUT2D eigenvalue weighted by molar-refractivity contribution is 4.50. The molecule has 0 saturated carbocycles. The lowest BCUT2D eigenvalue weighted by Crippen LogP contribution is -2.10. The van der Waals surface area contributed by atoms with Gasteiger partial charge < -0.3 is 20.4 Å². The molecule has 4 nitrogen and oxygen atoms in total. The zero-order chi connectivity index (χ0) is 11.2. The van der Waals surface area contributed by atoms with Crippen molar-refractivity contribution in [3.8, 4) is 0 Å². The lowest BCUT2D eigenvalue weighted by atomic mass is 10.2. The van der Waals surface area contributed by atoms with E-state index in [9.17, 15) is 0 Å². The van der Waals surface area contributed by atoms with Crippen molar-refractivity contribution in [2.45, 2.75) is 45.1 Å². The summed E-state index contributed by atoms with van der Waals surface area (Å²) >= 11 is 0. The smallest absolute Gasteiger partial charge is 0.0770 e. The van der Waals surface area contributed by atoms with E-state index in [0.717, 1.165) is 32.1 Å². The Morgan fingerprint density at radius 3 is 1.71 bits per heavy atom. The first kappa shape index (κ1) is 16.3. The zero-order valence-corrected chi connectivity index (χ0v) is 9.02. The van der Waals surface area contributed by atoms with Crippen LogP contribution in [-0.4, -0.2) is 46.4 Å². The van der Waals surface area contributed by atoms with E-state index in [1.807, 2.05) is 0 Å². The van der Waals surface area contributed by atoms with Gasteiger partial charge in [0.15, 0.2) is 0 Å². The Bertz CT molecular complexity index is 84.2. The number of unbranched alkanes of at least 4 members (excludes halogenated alkanes) is 2. The Morgan fingerprint density at radius 2 is 1.43 bits per heavy atom. The summed E-state index contributed by atoms with van der Waals surface area (Å²) in [4.78, 5) is 0. The average Bonchev–Trinajstić information content (AvgIpc) is 2.23. The van der Waals surface area contributed by atoms with E-state index < -0.39 is 6.10 Å². The molecule has 0 radical (unpaired) electrons. The van der Waals surface area contributed by atoms with Crippen LogP contribution in [0.15, 0.2) is 0 Å². The third-order valence-electron chi connectivity index (χ3n) is 1.67. The van der Waals surface area contributed by atoms with Gasteiger partial charge in [-0.2, -0.15) is 0 Å². The molecule has 0 aromatic heterocycles. The highest BCUT2D eigenvalue weighted by atomic mass is 16.3. The Kier molecular flexibility index (Phi) is 17.8. The van der Waals surface area contributed by atoms with E-state index in [1.165, 1.54) is 0 Å². The molecule has 88 valence electrons. The molecular formula is C10H24O4. The molecule has 0 bridgehead atoms. The topological polar surface area (TPSA) is 80.9 Å². The third-order valence-corrected chi connectivity index (χ3v) is 1.67. The van der Waals surface area contributed by atoms with Gasteiger partial charge in [0, 0.05) is 13.2 Å². The molecule has 4 N–H and O–H groups in total. The van der Waals surface area contributed by atoms with E-state index in [0.29, 0.717) is 0 Å². The van der Waals surface area contributed by atoms with Gasteiger partial charge in [-0.1, -0.05) is 19.8 Å². The normalized spacial score (nSPS) is 11.8. The molecule has 0 saturated heterocycles. The molecule has 4 heteroatoms. The van der Waals surface area contributed by atoms with Crippen LogP contribution in [0.4, 0.5) is 0 Å². The molecule has 14 heavy (non-hydrogen) atoms. The maximum absolute atomic E-state index is 8.74. The molecule has 0 heterocycles. The van der Waals surface area contributed by atoms with Crippen molar-refractivity contribution in [3.63, 3.8) is 0 Å². The van der Waals surface area contributed by atoms with Crippen molar-refractivity contribution < 1.29 is 20.4 Å². The second-order valence-electron chi connectivity index (χ2n) is 3.13. The quantitative estimate of drug-likeness (QED) is 0.453. The van der Waals surface area contributed by atoms with E-state index in [2.05, 4.69) is 6.92 Å². The van der Waals surface area contributed by atoms with Crippen LogP contribution in [0.2, 0.25) is 0 Å². The molecule has 0 aliphatic heterocycles. The lowest BCUT2D eigenvalue weighted by molar-refractivity contribution is 0.0865. The molecule has 0 aromatic carbocycles. The molecule has 0 aliphatic carbocycles. The number of rotatable bonds is 7. The highest BCUT2D eigenvalue weighted by Gasteiger charge is 1.97. The van der Waals surface area contributed by atoms with Crippen LogP contribution in [-0.2, 0) is 0 Å². The van der Waals surface area contributed by atoms with Crippen LogP contribution >= 0.6 is 0 Å². The van der Waals surface area contributed by atoms with Crippen molar-refractivity contribution >= 4 is 0 Å². The monoisotopic (exact) mass is 208 g/mol. The van der Waals surface area contributed by atoms with Gasteiger partial charge in [0.25, 0.3) is 0 Å². The molecule has 1 unspecified atom stereocenters. The van der Waals surface area contributed by atoms with Crippen LogP contribution in [0.5, 0.6) is 0 Å². The van der Waals surface area contributed by atoms with Crippen LogP contribution in [0, 0.1) is 0 Å². The summed E-state index contributed by atoms with van der Waals surface area (Å²) in [5.41, 5.74) is 0. The third kappa shape index (κ3) is 17.8. The number of aliphatic hydroxyl groups excluding tert-OH is 4. The minimum atomic E-state index is -0.491. The minimum absolute atomic E-state index is 0.0972. The largest absolute Gasteiger partial charge is 0.396 e. The fourth-order valence-corrected chi connectivity index (χ4v) is 0.755. The molecule has 1 atom stereocenters. The highest BCUT2D eigenvalue weighted by Crippen LogP contribution is 1.97. The van der Waals surface area contributed by atoms with Gasteiger partial charge in [-0.25, -0.2) is 0 Å². The first-order chi connectivity index (χ1) is 6.72. The Morgan fingerprint density at radius 1 is 0.929 bits per heavy atom. The Balaban J connectivity index is 0. The fourth-order valence-electron chi connectivity index (χ4n) is 0.755. The summed E-state index contributed by atoms with van der Waals surface area (Å²) in [7, 11) is 0. The van der Waals surface area contributed by atoms with Gasteiger partial charge in [0.05, 0.1) is 12.7 Å². The second-order valence-corrected chi connectivity index (χ2v) is 3.13. The van der Waals surface area contributed by atoms with Crippen LogP contribution in [0.3, 0.4) is 0 Å². The van der Waals surface area contributed by atoms with Crippen molar-refractivity contribution in [2.75, 3.05) is 19.8 Å². The Labute approximate surface area is 86.2 Å². The summed E-state index contributed by atoms with van der Waals surface area (Å²) in [5.74, 6) is 0. The van der Waals surface area contributed by atoms with Gasteiger partial charge in [0.2, 0.25) is 0 Å². The van der Waals surface area contributed by atoms with Crippen LogP contribution in [0.1, 0.15) is 39.0 Å². The molecular weight excluding hydrogens is 184 g/mol. The number of hydrogen-bond donors (Lipinski definition) is 4. The standard InChI is InChI=1S/C6H14O2.C4H10O2/c1-2-3-4-6(8)5-7;5-3-1-2-4-6/h6-8H,2-5H2,1H3;5-6H,1-4H2. The fraction of sp³-hybridized carbons (Fsp3) is 1.00. The van der Waals surface area contributed by atoms with Gasteiger partial charge in [0.1, 0.15) is 0 Å². The maximum Gasteiger partial charge on any atom is 0.0770 e. The second kappa shape index (κ2) is 15.3. The molecule has 0 amide bonds. The molecule has 0 aromatic rings. The Hall–Kier alpha value is -0.160. The van der Waals surface area contributed by atoms with Crippen molar-refractivity contribution in [1.29, 1.82) is 0 Å². The number of hydrogen-bond acceptors (Lipinski definition) is 4. The minimum Gasteiger partial charge on any atom is -0.396 e. The summed E-state index contributed by atoms with van der Waals surface area (Å²) in [6.45, 7) is 2.35. The number of aliphatic hydroxyl groups is 4. The lowest BCUT2D eigenvalue weighted by Gasteiger charge is -2.02. The van der Waals surface area contributed by atoms with E-state index in [4.69, 9.17) is 20.4 Å². The maximum atomic E-state index is 8.74. The SMILES string of the molecule is CCCCC(O)CO.OCCCCO. The van der Waals surface area contributed by atoms with Crippen molar-refractivity contribution in [3.05, 3.63) is 0 Å². The summed E-state index contributed by atoms with van der Waals surface area (Å²) in [6.07, 6.45) is 3.76. The predicted molar refractivity (Wildman–Crippen MR) is 56.0 cm³/mol. The molecule has 0 rings (SSSR count). The van der Waals surface area contributed by atoms with E-state index in [1.54, 1.807) is 0 Å². The predicted octanol–water partition coefficient (Wildman–Crippen LogP) is 0.281. The van der Waals surface area contributed by atoms with Crippen LogP contribution in [0.25, 0.3) is 0 Å². The van der Waals surface area contributed by atoms with Crippen molar-refractivity contribution in [2.24, 2.45) is 0 Å². The van der Waals surface area contributed by atoms with Gasteiger partial charge in [-0.3, -0.25) is 0 Å². The molecule has 0 fully saturated rings.